The molecule has 2 atom stereocenters. The molecule has 5 aliphatic heterocycles. The van der Waals surface area contributed by atoms with Crippen molar-refractivity contribution in [3.63, 3.8) is 0 Å². The summed E-state index contributed by atoms with van der Waals surface area (Å²) in [6, 6.07) is 1.96. The Kier molecular flexibility index (Phi) is 6.64. The number of aliphatic hydroxyl groups is 1. The molecule has 1 aromatic rings. The number of hydrogen-bond acceptors (Lipinski definition) is 8. The van der Waals surface area contributed by atoms with Crippen molar-refractivity contribution in [2.24, 2.45) is 26.8 Å². The summed E-state index contributed by atoms with van der Waals surface area (Å²) in [5.74, 6) is 0.166. The lowest BCUT2D eigenvalue weighted by Crippen LogP contribution is -2.16. The SMILES string of the molecule is CCC1=C(C)C2=NC1=CC1=C(C)C3=C(O)CC(=C4NC(=CC5=NC(=C2)C(c2ccn[nH]2)=C5C)[C@@H](C)[C@@H]4CCC(=O)OC)C3=N1. The Labute approximate surface area is 256 Å². The van der Waals surface area contributed by atoms with E-state index in [4.69, 9.17) is 19.7 Å². The molecule has 6 heterocycles. The van der Waals surface area contributed by atoms with Crippen LogP contribution in [0.25, 0.3) is 5.57 Å². The van der Waals surface area contributed by atoms with Crippen LogP contribution in [0.4, 0.5) is 0 Å². The highest BCUT2D eigenvalue weighted by molar-refractivity contribution is 6.22. The molecule has 0 amide bonds. The molecule has 9 heteroatoms. The molecule has 6 aliphatic rings. The van der Waals surface area contributed by atoms with Gasteiger partial charge < -0.3 is 15.2 Å². The number of aliphatic imine (C=N–C) groups is 3. The Hall–Kier alpha value is -4.79. The van der Waals surface area contributed by atoms with E-state index in [0.29, 0.717) is 25.0 Å². The highest BCUT2D eigenvalue weighted by atomic mass is 16.5. The average Bonchev–Trinajstić information content (AvgIpc) is 3.84. The number of nitrogens with zero attached hydrogens (tertiary/aromatic N) is 4. The van der Waals surface area contributed by atoms with Gasteiger partial charge in [-0.2, -0.15) is 5.10 Å². The van der Waals surface area contributed by atoms with Crippen molar-refractivity contribution in [2.45, 2.75) is 60.3 Å². The Morgan fingerprint density at radius 2 is 1.80 bits per heavy atom. The Balaban J connectivity index is 1.47. The number of aromatic nitrogens is 2. The van der Waals surface area contributed by atoms with Crippen LogP contribution < -0.4 is 5.32 Å². The maximum Gasteiger partial charge on any atom is 0.305 e. The van der Waals surface area contributed by atoms with Crippen molar-refractivity contribution in [3.8, 4) is 0 Å². The maximum atomic E-state index is 12.2. The first-order valence-electron chi connectivity index (χ1n) is 15.2. The highest BCUT2D eigenvalue weighted by Gasteiger charge is 2.41. The van der Waals surface area contributed by atoms with Gasteiger partial charge in [0, 0.05) is 59.0 Å². The van der Waals surface area contributed by atoms with Crippen molar-refractivity contribution in [2.75, 3.05) is 7.11 Å². The lowest BCUT2D eigenvalue weighted by Gasteiger charge is -2.17. The molecule has 1 saturated heterocycles. The van der Waals surface area contributed by atoms with Gasteiger partial charge in [-0.15, -0.1) is 0 Å². The van der Waals surface area contributed by atoms with Crippen LogP contribution in [0.5, 0.6) is 0 Å². The van der Waals surface area contributed by atoms with Gasteiger partial charge in [0.2, 0.25) is 0 Å². The number of aromatic amines is 1. The fourth-order valence-electron chi connectivity index (χ4n) is 7.22. The molecule has 7 rings (SSSR count). The van der Waals surface area contributed by atoms with E-state index in [1.165, 1.54) is 12.7 Å². The van der Waals surface area contributed by atoms with Crippen molar-refractivity contribution >= 4 is 28.7 Å². The van der Waals surface area contributed by atoms with Gasteiger partial charge in [-0.25, -0.2) is 15.0 Å². The third-order valence-electron chi connectivity index (χ3n) is 9.71. The molecule has 9 nitrogen and oxygen atoms in total. The van der Waals surface area contributed by atoms with E-state index in [0.717, 1.165) is 91.2 Å². The number of nitrogens with one attached hydrogen (secondary N) is 2. The summed E-state index contributed by atoms with van der Waals surface area (Å²) in [7, 11) is 1.42. The standard InChI is InChI=1S/C35H36N6O3/c1-7-20-16(2)24-15-29-32(23-10-11-36-41-23)18(4)26(38-29)13-25-17(3)21(8-9-31(43)44-6)34(39-25)22-12-30(42)33-19(5)27(40-35(22)33)14-28(20)37-24/h10-11,13-15,17,21,39,42H,7-9,12H2,1-6H3,(H,36,41)/t17-,21-/m0/s1. The molecule has 0 saturated carbocycles. The van der Waals surface area contributed by atoms with Gasteiger partial charge in [-0.05, 0) is 80.2 Å². The first-order valence-corrected chi connectivity index (χ1v) is 15.2. The molecule has 0 spiro atoms. The van der Waals surface area contributed by atoms with Crippen LogP contribution in [-0.4, -0.2) is 45.5 Å². The third-order valence-corrected chi connectivity index (χ3v) is 9.71. The van der Waals surface area contributed by atoms with Crippen molar-refractivity contribution in [3.05, 3.63) is 104 Å². The number of carbonyl (C=O) groups is 1. The third kappa shape index (κ3) is 4.24. The number of carbonyl (C=O) groups excluding carboxylic acids is 1. The van der Waals surface area contributed by atoms with Gasteiger partial charge in [0.1, 0.15) is 5.76 Å². The Bertz CT molecular complexity index is 1880. The molecule has 3 N–H and O–H groups in total. The summed E-state index contributed by atoms with van der Waals surface area (Å²) >= 11 is 0. The molecule has 224 valence electrons. The fourth-order valence-corrected chi connectivity index (χ4v) is 7.22. The lowest BCUT2D eigenvalue weighted by molar-refractivity contribution is -0.140. The number of fused-ring (bicyclic) bond motifs is 5. The summed E-state index contributed by atoms with van der Waals surface area (Å²) in [4.78, 5) is 27.6. The van der Waals surface area contributed by atoms with Crippen LogP contribution in [0, 0.1) is 11.8 Å². The molecule has 0 unspecified atom stereocenters. The zero-order chi connectivity index (χ0) is 30.9. The predicted octanol–water partition coefficient (Wildman–Crippen LogP) is 6.49. The van der Waals surface area contributed by atoms with E-state index in [2.05, 4.69) is 55.4 Å². The van der Waals surface area contributed by atoms with Crippen LogP contribution in [-0.2, 0) is 9.53 Å². The number of methoxy groups -OCH3 is 1. The van der Waals surface area contributed by atoms with Crippen LogP contribution >= 0.6 is 0 Å². The minimum absolute atomic E-state index is 0.0100. The molecule has 1 fully saturated rings. The van der Waals surface area contributed by atoms with Gasteiger partial charge in [-0.3, -0.25) is 9.89 Å². The zero-order valence-electron chi connectivity index (χ0n) is 25.9. The van der Waals surface area contributed by atoms with Crippen molar-refractivity contribution in [1.82, 2.24) is 15.5 Å². The Morgan fingerprint density at radius 3 is 2.52 bits per heavy atom. The van der Waals surface area contributed by atoms with E-state index >= 15 is 0 Å². The Morgan fingerprint density at radius 1 is 1.02 bits per heavy atom. The molecule has 0 radical (unpaired) electrons. The molecular weight excluding hydrogens is 552 g/mol. The number of hydrogen-bond donors (Lipinski definition) is 3. The number of H-pyrrole nitrogens is 1. The van der Waals surface area contributed by atoms with E-state index < -0.39 is 0 Å². The monoisotopic (exact) mass is 588 g/mol. The summed E-state index contributed by atoms with van der Waals surface area (Å²) in [6.45, 7) is 10.5. The fraction of sp³-hybridized carbons (Fsp3) is 0.343. The number of ether oxygens (including phenoxy) is 1. The zero-order valence-corrected chi connectivity index (χ0v) is 25.9. The smallest absolute Gasteiger partial charge is 0.305 e. The van der Waals surface area contributed by atoms with Crippen LogP contribution in [0.3, 0.4) is 0 Å². The summed E-state index contributed by atoms with van der Waals surface area (Å²) in [5, 5.41) is 22.3. The average molecular weight is 589 g/mol. The number of aliphatic hydroxyl groups excluding tert-OH is 1. The largest absolute Gasteiger partial charge is 0.511 e. The van der Waals surface area contributed by atoms with Gasteiger partial charge in [-0.1, -0.05) is 13.8 Å². The predicted molar refractivity (Wildman–Crippen MR) is 172 cm³/mol. The van der Waals surface area contributed by atoms with Gasteiger partial charge in [0.05, 0.1) is 47.0 Å². The highest BCUT2D eigenvalue weighted by Crippen LogP contribution is 2.46. The quantitative estimate of drug-likeness (QED) is 0.339. The molecule has 8 bridgehead atoms. The van der Waals surface area contributed by atoms with Gasteiger partial charge in [0.15, 0.2) is 0 Å². The summed E-state index contributed by atoms with van der Waals surface area (Å²) < 4.78 is 4.99. The molecule has 44 heavy (non-hydrogen) atoms. The summed E-state index contributed by atoms with van der Waals surface area (Å²) in [5.41, 5.74) is 15.0. The first-order chi connectivity index (χ1) is 21.2. The van der Waals surface area contributed by atoms with Gasteiger partial charge in [0.25, 0.3) is 0 Å². The van der Waals surface area contributed by atoms with Crippen molar-refractivity contribution in [1.29, 1.82) is 0 Å². The van der Waals surface area contributed by atoms with Crippen molar-refractivity contribution < 1.29 is 14.6 Å². The van der Waals surface area contributed by atoms with E-state index in [1.807, 2.05) is 19.1 Å². The van der Waals surface area contributed by atoms with Crippen LogP contribution in [0.1, 0.15) is 66.0 Å². The van der Waals surface area contributed by atoms with Gasteiger partial charge >= 0.3 is 5.97 Å². The molecule has 1 aromatic heterocycles. The normalized spacial score (nSPS) is 24.1. The summed E-state index contributed by atoms with van der Waals surface area (Å²) in [6.07, 6.45) is 10.1. The van der Waals surface area contributed by atoms with E-state index in [9.17, 15) is 9.90 Å². The second-order valence-electron chi connectivity index (χ2n) is 12.1. The molecule has 1 aliphatic carbocycles. The first kappa shape index (κ1) is 28.0. The number of allylic oxidation sites excluding steroid dienone is 12. The van der Waals surface area contributed by atoms with Crippen LogP contribution in [0.2, 0.25) is 0 Å². The minimum atomic E-state index is -0.237. The van der Waals surface area contributed by atoms with E-state index in [-0.39, 0.29) is 17.8 Å². The van der Waals surface area contributed by atoms with E-state index in [1.54, 1.807) is 6.20 Å². The number of esters is 1. The topological polar surface area (TPSA) is 124 Å². The second-order valence-corrected chi connectivity index (χ2v) is 12.1. The maximum absolute atomic E-state index is 12.2. The lowest BCUT2D eigenvalue weighted by atomic mass is 9.86. The minimum Gasteiger partial charge on any atom is -0.511 e. The van der Waals surface area contributed by atoms with Crippen LogP contribution in [0.15, 0.2) is 113 Å². The molecular formula is C35H36N6O3. The number of rotatable bonds is 5. The molecule has 0 aromatic carbocycles. The second kappa shape index (κ2) is 10.4.